The third-order valence-electron chi connectivity index (χ3n) is 0.970. The van der Waals surface area contributed by atoms with E-state index in [1.165, 1.54) is 0 Å². The van der Waals surface area contributed by atoms with Crippen molar-refractivity contribution in [1.29, 1.82) is 0 Å². The Bertz CT molecular complexity index is 141. The van der Waals surface area contributed by atoms with Crippen LogP contribution in [0.4, 0.5) is 0 Å². The van der Waals surface area contributed by atoms with Crippen molar-refractivity contribution in [2.24, 2.45) is 0 Å². The first kappa shape index (κ1) is 7.83. The second kappa shape index (κ2) is 2.77. The van der Waals surface area contributed by atoms with Crippen LogP contribution in [0.5, 0.6) is 0 Å². The summed E-state index contributed by atoms with van der Waals surface area (Å²) in [5.41, 5.74) is 0. The van der Waals surface area contributed by atoms with Crippen LogP contribution in [0.25, 0.3) is 0 Å². The molecule has 1 fully saturated rings. The molecule has 1 rings (SSSR count). The van der Waals surface area contributed by atoms with Crippen LogP contribution in [-0.2, 0) is 9.30 Å². The van der Waals surface area contributed by atoms with E-state index in [1.807, 2.05) is 0 Å². The molecule has 1 aliphatic rings. The minimum atomic E-state index is -3.10. The zero-order chi connectivity index (χ0) is 6.91. The van der Waals surface area contributed by atoms with Gasteiger partial charge in [-0.15, -0.1) is 0 Å². The lowest BCUT2D eigenvalue weighted by atomic mass is 10.7. The fraction of sp³-hybridized carbons (Fsp3) is 1.00. The van der Waals surface area contributed by atoms with Crippen molar-refractivity contribution in [3.63, 3.8) is 0 Å². The molecule has 0 amide bonds. The van der Waals surface area contributed by atoms with Crippen LogP contribution in [0, 0.1) is 0 Å². The normalized spacial score (nSPS) is 28.9. The van der Waals surface area contributed by atoms with Crippen molar-refractivity contribution in [2.75, 3.05) is 13.2 Å². The van der Waals surface area contributed by atoms with Gasteiger partial charge >= 0.3 is 0 Å². The van der Waals surface area contributed by atoms with E-state index in [1.54, 1.807) is 0 Å². The van der Waals surface area contributed by atoms with E-state index in [2.05, 4.69) is 5.32 Å². The molecule has 9 heavy (non-hydrogen) atoms. The summed E-state index contributed by atoms with van der Waals surface area (Å²) in [6.45, 7) is 1.18. The zero-order valence-corrected chi connectivity index (χ0v) is 6.92. The Kier molecular flexibility index (Phi) is 2.41. The summed E-state index contributed by atoms with van der Waals surface area (Å²) in [6.07, 6.45) is 0. The lowest BCUT2D eigenvalue weighted by molar-refractivity contribution is 0.161. The van der Waals surface area contributed by atoms with Crippen LogP contribution >= 0.6 is 28.3 Å². The van der Waals surface area contributed by atoms with Crippen LogP contribution in [0.2, 0.25) is 0 Å². The maximum atomic E-state index is 10.8. The Labute approximate surface area is 62.6 Å². The second-order valence-corrected chi connectivity index (χ2v) is 6.69. The highest BCUT2D eigenvalue weighted by Crippen LogP contribution is 2.60. The highest BCUT2D eigenvalue weighted by molar-refractivity contribution is 8.08. The molecule has 0 aromatic rings. The quantitative estimate of drug-likeness (QED) is 0.637. The molecule has 1 atom stereocenters. The Hall–Kier alpha value is 0.730. The van der Waals surface area contributed by atoms with Gasteiger partial charge in [0, 0.05) is 6.54 Å². The van der Waals surface area contributed by atoms with Crippen LogP contribution in [-0.4, -0.2) is 19.1 Å². The number of ether oxygens (including phenoxy) is 1. The molecular formula is C3H6Cl2NO2P. The SMILES string of the molecule is O=P(Cl)(Cl)C1NCCO1. The van der Waals surface area contributed by atoms with Gasteiger partial charge in [0.15, 0.2) is 5.97 Å². The van der Waals surface area contributed by atoms with Crippen molar-refractivity contribution >= 4 is 28.3 Å². The van der Waals surface area contributed by atoms with Crippen molar-refractivity contribution in [3.8, 4) is 0 Å². The average Bonchev–Trinajstić information content (AvgIpc) is 2.08. The fourth-order valence-corrected chi connectivity index (χ4v) is 1.98. The van der Waals surface area contributed by atoms with Crippen molar-refractivity contribution < 1.29 is 9.30 Å². The molecule has 0 bridgehead atoms. The smallest absolute Gasteiger partial charge is 0.295 e. The molecule has 6 heteroatoms. The minimum absolute atomic E-state index is 0.522. The third-order valence-corrected chi connectivity index (χ3v) is 2.91. The average molecular weight is 190 g/mol. The molecule has 54 valence electrons. The standard InChI is InChI=1S/C3H6Cl2NO2P/c4-9(5,7)3-6-1-2-8-3/h3,6H,1-2H2. The van der Waals surface area contributed by atoms with E-state index in [4.69, 9.17) is 27.2 Å². The van der Waals surface area contributed by atoms with E-state index >= 15 is 0 Å². The number of nitrogens with one attached hydrogen (secondary N) is 1. The molecule has 0 saturated carbocycles. The Morgan fingerprint density at radius 3 is 2.56 bits per heavy atom. The lowest BCUT2D eigenvalue weighted by Crippen LogP contribution is -2.18. The van der Waals surface area contributed by atoms with Gasteiger partial charge < -0.3 is 4.74 Å². The molecule has 1 N–H and O–H groups in total. The summed E-state index contributed by atoms with van der Waals surface area (Å²) in [5, 5.41) is 2.75. The molecule has 0 radical (unpaired) electrons. The maximum absolute atomic E-state index is 10.8. The zero-order valence-electron chi connectivity index (χ0n) is 4.51. The van der Waals surface area contributed by atoms with E-state index in [9.17, 15) is 4.57 Å². The fourth-order valence-electron chi connectivity index (χ4n) is 0.605. The number of hydrogen-bond donors (Lipinski definition) is 1. The molecular weight excluding hydrogens is 184 g/mol. The number of halogens is 2. The van der Waals surface area contributed by atoms with Gasteiger partial charge in [0.1, 0.15) is 0 Å². The van der Waals surface area contributed by atoms with Crippen LogP contribution in [0.3, 0.4) is 0 Å². The molecule has 1 aliphatic heterocycles. The van der Waals surface area contributed by atoms with Crippen LogP contribution < -0.4 is 5.32 Å². The number of hydrogen-bond acceptors (Lipinski definition) is 3. The lowest BCUT2D eigenvalue weighted by Gasteiger charge is -2.08. The first-order valence-corrected chi connectivity index (χ1v) is 6.03. The Balaban J connectivity index is 2.52. The van der Waals surface area contributed by atoms with Gasteiger partial charge in [-0.3, -0.25) is 9.88 Å². The van der Waals surface area contributed by atoms with Crippen LogP contribution in [0.1, 0.15) is 0 Å². The highest BCUT2D eigenvalue weighted by Gasteiger charge is 2.31. The molecule has 0 spiro atoms. The third kappa shape index (κ3) is 2.10. The van der Waals surface area contributed by atoms with E-state index in [0.717, 1.165) is 0 Å². The van der Waals surface area contributed by atoms with E-state index in [-0.39, 0.29) is 0 Å². The van der Waals surface area contributed by atoms with Crippen molar-refractivity contribution in [1.82, 2.24) is 5.32 Å². The predicted octanol–water partition coefficient (Wildman–Crippen LogP) is 1.56. The summed E-state index contributed by atoms with van der Waals surface area (Å²) >= 11 is 10.5. The molecule has 3 nitrogen and oxygen atoms in total. The van der Waals surface area contributed by atoms with Gasteiger partial charge in [-0.25, -0.2) is 0 Å². The monoisotopic (exact) mass is 189 g/mol. The van der Waals surface area contributed by atoms with Gasteiger partial charge in [-0.1, -0.05) is 0 Å². The largest absolute Gasteiger partial charge is 0.352 e. The summed E-state index contributed by atoms with van der Waals surface area (Å²) < 4.78 is 15.6. The van der Waals surface area contributed by atoms with Gasteiger partial charge in [0.25, 0.3) is 5.85 Å². The number of rotatable bonds is 1. The molecule has 0 aromatic heterocycles. The van der Waals surface area contributed by atoms with Gasteiger partial charge in [0.05, 0.1) is 6.61 Å². The van der Waals surface area contributed by atoms with E-state index < -0.39 is 11.8 Å². The van der Waals surface area contributed by atoms with E-state index in [0.29, 0.717) is 13.2 Å². The summed E-state index contributed by atoms with van der Waals surface area (Å²) in [7, 11) is 0. The topological polar surface area (TPSA) is 38.3 Å². The predicted molar refractivity (Wildman–Crippen MR) is 37.1 cm³/mol. The Morgan fingerprint density at radius 1 is 1.67 bits per heavy atom. The van der Waals surface area contributed by atoms with Crippen molar-refractivity contribution in [2.45, 2.75) is 5.97 Å². The van der Waals surface area contributed by atoms with Gasteiger partial charge in [0.2, 0.25) is 0 Å². The first-order valence-electron chi connectivity index (χ1n) is 2.45. The van der Waals surface area contributed by atoms with Crippen LogP contribution in [0.15, 0.2) is 0 Å². The summed E-state index contributed by atoms with van der Waals surface area (Å²) in [5.74, 6) is -3.75. The van der Waals surface area contributed by atoms with Gasteiger partial charge in [-0.05, 0) is 22.5 Å². The molecule has 1 unspecified atom stereocenters. The molecule has 0 aliphatic carbocycles. The maximum Gasteiger partial charge on any atom is 0.295 e. The van der Waals surface area contributed by atoms with Gasteiger partial charge in [-0.2, -0.15) is 0 Å². The van der Waals surface area contributed by atoms with Crippen molar-refractivity contribution in [3.05, 3.63) is 0 Å². The minimum Gasteiger partial charge on any atom is -0.352 e. The molecule has 1 saturated heterocycles. The molecule has 1 heterocycles. The second-order valence-electron chi connectivity index (χ2n) is 1.68. The first-order chi connectivity index (χ1) is 4.11. The summed E-state index contributed by atoms with van der Waals surface area (Å²) in [6, 6.07) is 0. The highest BCUT2D eigenvalue weighted by atomic mass is 35.9. The molecule has 0 aromatic carbocycles. The Morgan fingerprint density at radius 2 is 2.33 bits per heavy atom. The summed E-state index contributed by atoms with van der Waals surface area (Å²) in [4.78, 5) is 0.